The van der Waals surface area contributed by atoms with E-state index in [1.807, 2.05) is 6.07 Å². The van der Waals surface area contributed by atoms with Crippen LogP contribution in [0.4, 0.5) is 5.82 Å². The molecule has 0 spiro atoms. The van der Waals surface area contributed by atoms with Crippen molar-refractivity contribution in [1.29, 1.82) is 5.26 Å². The second-order valence-electron chi connectivity index (χ2n) is 6.59. The zero-order chi connectivity index (χ0) is 22.0. The van der Waals surface area contributed by atoms with Crippen molar-refractivity contribution in [3.8, 4) is 6.07 Å². The molecule has 0 aliphatic carbocycles. The lowest BCUT2D eigenvalue weighted by molar-refractivity contribution is 0.101. The summed E-state index contributed by atoms with van der Waals surface area (Å²) in [6, 6.07) is 12.8. The number of amides is 1. The summed E-state index contributed by atoms with van der Waals surface area (Å²) in [6.45, 7) is 0.215. The fraction of sp³-hybridized carbons (Fsp3) is 0.0500. The van der Waals surface area contributed by atoms with Crippen LogP contribution >= 0.6 is 7.60 Å². The van der Waals surface area contributed by atoms with E-state index < -0.39 is 13.5 Å². The maximum absolute atomic E-state index is 12.9. The van der Waals surface area contributed by atoms with Crippen LogP contribution in [0.25, 0.3) is 11.0 Å². The minimum atomic E-state index is -4.35. The van der Waals surface area contributed by atoms with E-state index >= 15 is 0 Å². The molecule has 2 aromatic heterocycles. The number of nitriles is 1. The fourth-order valence-electron chi connectivity index (χ4n) is 3.05. The third-order valence-corrected chi connectivity index (χ3v) is 5.47. The van der Waals surface area contributed by atoms with Gasteiger partial charge in [-0.25, -0.2) is 9.97 Å². The van der Waals surface area contributed by atoms with Gasteiger partial charge in [-0.2, -0.15) is 5.26 Å². The summed E-state index contributed by atoms with van der Waals surface area (Å²) in [6.07, 6.45) is 4.33. The SMILES string of the molecule is N#Cc1ccc2c(c1)nc(C(=O)Nc1cnccn1)n2Cc1ccc(P(=O)(O)O)cc1. The van der Waals surface area contributed by atoms with Crippen molar-refractivity contribution in [2.45, 2.75) is 6.54 Å². The van der Waals surface area contributed by atoms with Gasteiger partial charge in [-0.05, 0) is 35.9 Å². The van der Waals surface area contributed by atoms with Gasteiger partial charge < -0.3 is 19.7 Å². The fourth-order valence-corrected chi connectivity index (χ4v) is 3.58. The normalized spacial score (nSPS) is 11.3. The van der Waals surface area contributed by atoms with E-state index in [1.54, 1.807) is 34.9 Å². The maximum atomic E-state index is 12.9. The number of rotatable bonds is 5. The Morgan fingerprint density at radius 1 is 1.16 bits per heavy atom. The molecule has 2 heterocycles. The molecule has 0 aliphatic heterocycles. The zero-order valence-electron chi connectivity index (χ0n) is 15.9. The topological polar surface area (TPSA) is 154 Å². The molecule has 0 unspecified atom stereocenters. The predicted octanol–water partition coefficient (Wildman–Crippen LogP) is 1.80. The second-order valence-corrected chi connectivity index (χ2v) is 8.20. The summed E-state index contributed by atoms with van der Waals surface area (Å²) in [5.41, 5.74) is 2.20. The highest BCUT2D eigenvalue weighted by Gasteiger charge is 2.20. The Hall–Kier alpha value is -3.90. The third-order valence-electron chi connectivity index (χ3n) is 4.50. The van der Waals surface area contributed by atoms with Gasteiger partial charge >= 0.3 is 7.60 Å². The summed E-state index contributed by atoms with van der Waals surface area (Å²) in [5.74, 6) is -0.160. The van der Waals surface area contributed by atoms with Crippen LogP contribution in [0.2, 0.25) is 0 Å². The molecule has 2 aromatic carbocycles. The van der Waals surface area contributed by atoms with Crippen molar-refractivity contribution in [1.82, 2.24) is 19.5 Å². The van der Waals surface area contributed by atoms with Crippen LogP contribution in [0.15, 0.2) is 61.1 Å². The molecule has 0 saturated carbocycles. The lowest BCUT2D eigenvalue weighted by Crippen LogP contribution is -2.19. The molecule has 0 aliphatic rings. The van der Waals surface area contributed by atoms with Crippen molar-refractivity contribution in [2.75, 3.05) is 5.32 Å². The minimum absolute atomic E-state index is 0.0916. The molecule has 154 valence electrons. The molecular weight excluding hydrogens is 419 g/mol. The van der Waals surface area contributed by atoms with Crippen LogP contribution < -0.4 is 10.6 Å². The van der Waals surface area contributed by atoms with Gasteiger partial charge in [-0.1, -0.05) is 12.1 Å². The number of hydrogen-bond donors (Lipinski definition) is 3. The maximum Gasteiger partial charge on any atom is 0.356 e. The summed E-state index contributed by atoms with van der Waals surface area (Å²) in [7, 11) is -4.35. The first kappa shape index (κ1) is 20.4. The van der Waals surface area contributed by atoms with Crippen molar-refractivity contribution in [3.05, 3.63) is 78.0 Å². The Morgan fingerprint density at radius 3 is 2.58 bits per heavy atom. The van der Waals surface area contributed by atoms with Gasteiger partial charge in [0, 0.05) is 18.9 Å². The molecule has 0 radical (unpaired) electrons. The lowest BCUT2D eigenvalue weighted by atomic mass is 10.2. The number of nitrogens with zero attached hydrogens (tertiary/aromatic N) is 5. The second kappa shape index (κ2) is 8.08. The molecule has 0 atom stereocenters. The minimum Gasteiger partial charge on any atom is -0.321 e. The van der Waals surface area contributed by atoms with E-state index in [0.717, 1.165) is 0 Å². The van der Waals surface area contributed by atoms with E-state index in [9.17, 15) is 19.1 Å². The van der Waals surface area contributed by atoms with Crippen molar-refractivity contribution in [3.63, 3.8) is 0 Å². The molecule has 4 aromatic rings. The average molecular weight is 434 g/mol. The van der Waals surface area contributed by atoms with Gasteiger partial charge in [0.25, 0.3) is 5.91 Å². The monoisotopic (exact) mass is 434 g/mol. The Morgan fingerprint density at radius 2 is 1.94 bits per heavy atom. The Bertz CT molecular complexity index is 1360. The van der Waals surface area contributed by atoms with Crippen LogP contribution in [0.3, 0.4) is 0 Å². The van der Waals surface area contributed by atoms with Gasteiger partial charge in [-0.15, -0.1) is 0 Å². The highest BCUT2D eigenvalue weighted by Crippen LogP contribution is 2.33. The number of carbonyl (C=O) groups is 1. The van der Waals surface area contributed by atoms with Crippen LogP contribution in [-0.4, -0.2) is 35.2 Å². The molecule has 31 heavy (non-hydrogen) atoms. The van der Waals surface area contributed by atoms with E-state index in [1.165, 1.54) is 30.7 Å². The molecule has 0 saturated heterocycles. The van der Waals surface area contributed by atoms with E-state index in [4.69, 9.17) is 5.26 Å². The largest absolute Gasteiger partial charge is 0.356 e. The Kier molecular flexibility index (Phi) is 5.31. The summed E-state index contributed by atoms with van der Waals surface area (Å²) in [4.78, 5) is 43.8. The smallest absolute Gasteiger partial charge is 0.321 e. The number of nitrogens with one attached hydrogen (secondary N) is 1. The highest BCUT2D eigenvalue weighted by molar-refractivity contribution is 7.60. The van der Waals surface area contributed by atoms with Crippen LogP contribution in [0.1, 0.15) is 21.7 Å². The first-order valence-electron chi connectivity index (χ1n) is 8.98. The van der Waals surface area contributed by atoms with E-state index in [2.05, 4.69) is 20.3 Å². The third kappa shape index (κ3) is 4.34. The molecule has 10 nitrogen and oxygen atoms in total. The number of anilines is 1. The lowest BCUT2D eigenvalue weighted by Gasteiger charge is -2.11. The number of carbonyl (C=O) groups excluding carboxylic acids is 1. The number of imidazole rings is 1. The van der Waals surface area contributed by atoms with Gasteiger partial charge in [0.1, 0.15) is 0 Å². The zero-order valence-corrected chi connectivity index (χ0v) is 16.8. The van der Waals surface area contributed by atoms with Crippen LogP contribution in [0, 0.1) is 11.3 Å². The predicted molar refractivity (Wildman–Crippen MR) is 112 cm³/mol. The highest BCUT2D eigenvalue weighted by atomic mass is 31.2. The average Bonchev–Trinajstić information content (AvgIpc) is 3.12. The molecular formula is C20H15N6O4P. The van der Waals surface area contributed by atoms with E-state index in [-0.39, 0.29) is 23.5 Å². The number of benzene rings is 2. The molecule has 0 fully saturated rings. The summed E-state index contributed by atoms with van der Waals surface area (Å²) in [5, 5.41) is 11.7. The molecule has 0 bridgehead atoms. The summed E-state index contributed by atoms with van der Waals surface area (Å²) >= 11 is 0. The molecule has 1 amide bonds. The Labute approximate surface area is 176 Å². The van der Waals surface area contributed by atoms with Gasteiger partial charge in [0.2, 0.25) is 5.82 Å². The number of fused-ring (bicyclic) bond motifs is 1. The van der Waals surface area contributed by atoms with Crippen molar-refractivity contribution in [2.24, 2.45) is 0 Å². The number of hydrogen-bond acceptors (Lipinski definition) is 6. The van der Waals surface area contributed by atoms with E-state index in [0.29, 0.717) is 22.2 Å². The molecule has 11 heteroatoms. The first-order chi connectivity index (χ1) is 14.8. The van der Waals surface area contributed by atoms with Crippen molar-refractivity contribution < 1.29 is 19.1 Å². The first-order valence-corrected chi connectivity index (χ1v) is 10.6. The van der Waals surface area contributed by atoms with Gasteiger partial charge in [0.15, 0.2) is 5.82 Å². The van der Waals surface area contributed by atoms with Gasteiger partial charge in [-0.3, -0.25) is 14.3 Å². The van der Waals surface area contributed by atoms with Crippen LogP contribution in [-0.2, 0) is 11.1 Å². The Balaban J connectivity index is 1.75. The molecule has 4 rings (SSSR count). The molecule has 3 N–H and O–H groups in total. The van der Waals surface area contributed by atoms with Crippen molar-refractivity contribution >= 4 is 35.7 Å². The standard InChI is InChI=1S/C20H15N6O4P/c21-10-14-3-6-17-16(9-14)24-19(20(27)25-18-11-22-7-8-23-18)26(17)12-13-1-4-15(5-2-13)31(28,29)30/h1-9,11H,12H2,(H,23,25,27)(H2,28,29,30). The number of aromatic nitrogens is 4. The van der Waals surface area contributed by atoms with Gasteiger partial charge in [0.05, 0.1) is 34.2 Å². The quantitative estimate of drug-likeness (QED) is 0.402. The van der Waals surface area contributed by atoms with Crippen LogP contribution in [0.5, 0.6) is 0 Å². The summed E-state index contributed by atoms with van der Waals surface area (Å²) < 4.78 is 13.1.